The molecule has 1 aliphatic heterocycles. The van der Waals surface area contributed by atoms with E-state index >= 15 is 0 Å². The summed E-state index contributed by atoms with van der Waals surface area (Å²) in [6, 6.07) is 11.7. The number of ether oxygens (including phenoxy) is 1. The van der Waals surface area contributed by atoms with Crippen molar-refractivity contribution in [2.45, 2.75) is 44.6 Å². The monoisotopic (exact) mass is 416 g/mol. The van der Waals surface area contributed by atoms with Gasteiger partial charge in [-0.1, -0.05) is 35.6 Å². The first-order chi connectivity index (χ1) is 13.3. The van der Waals surface area contributed by atoms with Crippen LogP contribution in [0, 0.1) is 20.8 Å². The molecule has 0 spiro atoms. The second kappa shape index (κ2) is 7.46. The molecule has 3 aromatic rings. The summed E-state index contributed by atoms with van der Waals surface area (Å²) in [4.78, 5) is 5.02. The molecule has 1 aliphatic rings. The largest absolute Gasteiger partial charge is 0.467 e. The Balaban J connectivity index is 1.45. The van der Waals surface area contributed by atoms with E-state index in [-0.39, 0.29) is 6.10 Å². The Hall–Kier alpha value is -1.96. The van der Waals surface area contributed by atoms with E-state index in [2.05, 4.69) is 4.98 Å². The zero-order valence-electron chi connectivity index (χ0n) is 16.3. The summed E-state index contributed by atoms with van der Waals surface area (Å²) < 4.78 is 34.9. The maximum absolute atomic E-state index is 13.1. The van der Waals surface area contributed by atoms with Gasteiger partial charge in [0.2, 0.25) is 10.0 Å². The van der Waals surface area contributed by atoms with E-state index in [1.54, 1.807) is 21.7 Å². The van der Waals surface area contributed by atoms with Crippen LogP contribution in [0.1, 0.15) is 29.5 Å². The zero-order valence-corrected chi connectivity index (χ0v) is 17.9. The number of para-hydroxylation sites is 1. The highest BCUT2D eigenvalue weighted by Gasteiger charge is 2.31. The number of piperidine rings is 1. The molecule has 0 atom stereocenters. The van der Waals surface area contributed by atoms with Gasteiger partial charge in [0, 0.05) is 13.1 Å². The molecule has 0 amide bonds. The van der Waals surface area contributed by atoms with Gasteiger partial charge in [-0.15, -0.1) is 0 Å². The fourth-order valence-corrected chi connectivity index (χ4v) is 6.31. The number of hydrogen-bond acceptors (Lipinski definition) is 5. The lowest BCUT2D eigenvalue weighted by Gasteiger charge is -2.31. The van der Waals surface area contributed by atoms with Crippen molar-refractivity contribution < 1.29 is 13.2 Å². The smallest absolute Gasteiger partial charge is 0.274 e. The van der Waals surface area contributed by atoms with Gasteiger partial charge in [0.05, 0.1) is 15.1 Å². The molecule has 0 aliphatic carbocycles. The number of aromatic nitrogens is 1. The van der Waals surface area contributed by atoms with Crippen LogP contribution in [0.5, 0.6) is 5.19 Å². The Labute approximate surface area is 170 Å². The van der Waals surface area contributed by atoms with Crippen LogP contribution in [0.25, 0.3) is 10.2 Å². The molecular formula is C21H24N2O3S2. The molecule has 2 aromatic carbocycles. The van der Waals surface area contributed by atoms with Crippen LogP contribution in [0.4, 0.5) is 0 Å². The van der Waals surface area contributed by atoms with Gasteiger partial charge in [-0.2, -0.15) is 4.31 Å². The molecule has 7 heteroatoms. The molecule has 0 N–H and O–H groups in total. The summed E-state index contributed by atoms with van der Waals surface area (Å²) in [6.07, 6.45) is 1.32. The van der Waals surface area contributed by atoms with Crippen LogP contribution in [0.2, 0.25) is 0 Å². The van der Waals surface area contributed by atoms with Crippen molar-refractivity contribution in [1.29, 1.82) is 0 Å². The fourth-order valence-electron chi connectivity index (χ4n) is 3.57. The summed E-state index contributed by atoms with van der Waals surface area (Å²) in [6.45, 7) is 6.73. The van der Waals surface area contributed by atoms with Crippen molar-refractivity contribution >= 4 is 31.6 Å². The van der Waals surface area contributed by atoms with Crippen molar-refractivity contribution in [2.75, 3.05) is 13.1 Å². The Morgan fingerprint density at radius 3 is 2.54 bits per heavy atom. The fraction of sp³-hybridized carbons (Fsp3) is 0.381. The molecule has 28 heavy (non-hydrogen) atoms. The van der Waals surface area contributed by atoms with Gasteiger partial charge in [0.15, 0.2) is 0 Å². The molecular weight excluding hydrogens is 392 g/mol. The van der Waals surface area contributed by atoms with E-state index in [4.69, 9.17) is 4.74 Å². The molecule has 1 saturated heterocycles. The quantitative estimate of drug-likeness (QED) is 0.630. The average molecular weight is 417 g/mol. The van der Waals surface area contributed by atoms with E-state index in [0.717, 1.165) is 26.9 Å². The predicted molar refractivity (Wildman–Crippen MR) is 113 cm³/mol. The maximum Gasteiger partial charge on any atom is 0.274 e. The van der Waals surface area contributed by atoms with E-state index < -0.39 is 10.0 Å². The predicted octanol–water partition coefficient (Wildman–Crippen LogP) is 4.45. The SMILES string of the molecule is Cc1ccc(C)c(S(=O)(=O)N2CCC(Oc3nc4c(C)cccc4s3)CC2)c1. The summed E-state index contributed by atoms with van der Waals surface area (Å²) in [5.74, 6) is 0. The van der Waals surface area contributed by atoms with Crippen LogP contribution in [-0.2, 0) is 10.0 Å². The standard InChI is InChI=1S/C21H24N2O3S2/c1-14-7-8-15(2)19(13-14)28(24,25)23-11-9-17(10-12-23)26-21-22-20-16(3)5-4-6-18(20)27-21/h4-8,13,17H,9-12H2,1-3H3. The molecule has 1 aromatic heterocycles. The van der Waals surface area contributed by atoms with Crippen LogP contribution in [0.3, 0.4) is 0 Å². The zero-order chi connectivity index (χ0) is 19.9. The molecule has 0 unspecified atom stereocenters. The van der Waals surface area contributed by atoms with Gasteiger partial charge in [-0.05, 0) is 62.4 Å². The Morgan fingerprint density at radius 2 is 1.82 bits per heavy atom. The van der Waals surface area contributed by atoms with Gasteiger partial charge < -0.3 is 4.74 Å². The first kappa shape index (κ1) is 19.4. The van der Waals surface area contributed by atoms with Gasteiger partial charge in [-0.3, -0.25) is 0 Å². The minimum absolute atomic E-state index is 0.00840. The van der Waals surface area contributed by atoms with Crippen molar-refractivity contribution in [1.82, 2.24) is 9.29 Å². The molecule has 2 heterocycles. The molecule has 0 saturated carbocycles. The number of fused-ring (bicyclic) bond motifs is 1. The minimum atomic E-state index is -3.47. The highest BCUT2D eigenvalue weighted by atomic mass is 32.2. The molecule has 0 radical (unpaired) electrons. The van der Waals surface area contributed by atoms with Crippen LogP contribution in [-0.4, -0.2) is 36.9 Å². The number of thiazole rings is 1. The number of benzene rings is 2. The Morgan fingerprint density at radius 1 is 1.07 bits per heavy atom. The molecule has 0 bridgehead atoms. The lowest BCUT2D eigenvalue weighted by atomic mass is 10.1. The van der Waals surface area contributed by atoms with Gasteiger partial charge in [0.1, 0.15) is 6.10 Å². The van der Waals surface area contributed by atoms with Crippen LogP contribution >= 0.6 is 11.3 Å². The molecule has 4 rings (SSSR count). The van der Waals surface area contributed by atoms with Crippen LogP contribution < -0.4 is 4.74 Å². The van der Waals surface area contributed by atoms with Crippen molar-refractivity contribution in [3.05, 3.63) is 53.1 Å². The third-order valence-electron chi connectivity index (χ3n) is 5.23. The Bertz CT molecular complexity index is 1110. The minimum Gasteiger partial charge on any atom is -0.467 e. The van der Waals surface area contributed by atoms with Crippen molar-refractivity contribution in [3.8, 4) is 5.19 Å². The summed E-state index contributed by atoms with van der Waals surface area (Å²) in [5.41, 5.74) is 3.86. The van der Waals surface area contributed by atoms with Gasteiger partial charge in [-0.25, -0.2) is 13.4 Å². The first-order valence-corrected chi connectivity index (χ1v) is 11.7. The number of hydrogen-bond donors (Lipinski definition) is 0. The van der Waals surface area contributed by atoms with E-state index in [9.17, 15) is 8.42 Å². The number of aryl methyl sites for hydroxylation is 3. The van der Waals surface area contributed by atoms with E-state index in [1.165, 1.54) is 0 Å². The second-order valence-corrected chi connectivity index (χ2v) is 10.3. The molecule has 5 nitrogen and oxygen atoms in total. The maximum atomic E-state index is 13.1. The molecule has 1 fully saturated rings. The average Bonchev–Trinajstić information content (AvgIpc) is 3.08. The lowest BCUT2D eigenvalue weighted by Crippen LogP contribution is -2.41. The van der Waals surface area contributed by atoms with Crippen molar-refractivity contribution in [2.24, 2.45) is 0 Å². The summed E-state index contributed by atoms with van der Waals surface area (Å²) in [5, 5.41) is 0.667. The van der Waals surface area contributed by atoms with Gasteiger partial charge >= 0.3 is 0 Å². The highest BCUT2D eigenvalue weighted by Crippen LogP contribution is 2.32. The highest BCUT2D eigenvalue weighted by molar-refractivity contribution is 7.89. The van der Waals surface area contributed by atoms with Gasteiger partial charge in [0.25, 0.3) is 5.19 Å². The number of sulfonamides is 1. The second-order valence-electron chi connectivity index (χ2n) is 7.39. The number of nitrogens with zero attached hydrogens (tertiary/aromatic N) is 2. The van der Waals surface area contributed by atoms with Crippen LogP contribution in [0.15, 0.2) is 41.3 Å². The Kier molecular flexibility index (Phi) is 5.16. The first-order valence-electron chi connectivity index (χ1n) is 9.45. The number of rotatable bonds is 4. The third kappa shape index (κ3) is 3.66. The summed E-state index contributed by atoms with van der Waals surface area (Å²) in [7, 11) is -3.47. The normalized spacial score (nSPS) is 16.5. The van der Waals surface area contributed by atoms with E-state index in [1.807, 2.05) is 51.1 Å². The lowest BCUT2D eigenvalue weighted by molar-refractivity contribution is 0.135. The van der Waals surface area contributed by atoms with Crippen molar-refractivity contribution in [3.63, 3.8) is 0 Å². The molecule has 148 valence electrons. The van der Waals surface area contributed by atoms with E-state index in [0.29, 0.717) is 36.0 Å². The third-order valence-corrected chi connectivity index (χ3v) is 8.18. The topological polar surface area (TPSA) is 59.5 Å². The summed E-state index contributed by atoms with van der Waals surface area (Å²) >= 11 is 1.55.